The summed E-state index contributed by atoms with van der Waals surface area (Å²) in [5.74, 6) is 2.76. The molecule has 0 fully saturated rings. The van der Waals surface area contributed by atoms with E-state index in [4.69, 9.17) is 31.2 Å². The van der Waals surface area contributed by atoms with Gasteiger partial charge in [0.05, 0.1) is 40.0 Å². The van der Waals surface area contributed by atoms with Crippen molar-refractivity contribution in [1.82, 2.24) is 10.6 Å². The lowest BCUT2D eigenvalue weighted by Crippen LogP contribution is -2.40. The topological polar surface area (TPSA) is 61.0 Å². The minimum Gasteiger partial charge on any atom is -0.497 e. The molecule has 0 spiro atoms. The zero-order valence-corrected chi connectivity index (χ0v) is 16.5. The van der Waals surface area contributed by atoms with Gasteiger partial charge in [0.2, 0.25) is 0 Å². The summed E-state index contributed by atoms with van der Waals surface area (Å²) in [7, 11) is 6.48. The van der Waals surface area contributed by atoms with Gasteiger partial charge >= 0.3 is 0 Å². The smallest absolute Gasteiger partial charge is 0.171 e. The van der Waals surface area contributed by atoms with Crippen LogP contribution in [-0.4, -0.2) is 33.6 Å². The fourth-order valence-electron chi connectivity index (χ4n) is 2.98. The number of hydrogen-bond donors (Lipinski definition) is 2. The fourth-order valence-corrected chi connectivity index (χ4v) is 3.22. The summed E-state index contributed by atoms with van der Waals surface area (Å²) in [5.41, 5.74) is 2.73. The Morgan fingerprint density at radius 3 is 1.93 bits per heavy atom. The molecule has 0 amide bonds. The van der Waals surface area contributed by atoms with Gasteiger partial charge in [-0.3, -0.25) is 0 Å². The van der Waals surface area contributed by atoms with Gasteiger partial charge in [0.15, 0.2) is 5.11 Å². The molecule has 0 radical (unpaired) electrons. The van der Waals surface area contributed by atoms with Gasteiger partial charge in [0.25, 0.3) is 0 Å². The number of thiocarbonyl (C=S) groups is 1. The van der Waals surface area contributed by atoms with Gasteiger partial charge in [-0.1, -0.05) is 0 Å². The van der Waals surface area contributed by atoms with Crippen LogP contribution in [0.5, 0.6) is 23.0 Å². The van der Waals surface area contributed by atoms with E-state index < -0.39 is 0 Å². The van der Waals surface area contributed by atoms with Crippen LogP contribution in [0.1, 0.15) is 17.2 Å². The van der Waals surface area contributed by atoms with Crippen LogP contribution in [0.4, 0.5) is 0 Å². The molecule has 1 atom stereocenters. The summed E-state index contributed by atoms with van der Waals surface area (Å²) in [5, 5.41) is 6.98. The number of methoxy groups -OCH3 is 4. The van der Waals surface area contributed by atoms with E-state index in [0.717, 1.165) is 22.6 Å². The van der Waals surface area contributed by atoms with E-state index in [9.17, 15) is 0 Å². The van der Waals surface area contributed by atoms with Crippen LogP contribution < -0.4 is 29.6 Å². The van der Waals surface area contributed by atoms with Crippen LogP contribution >= 0.6 is 12.2 Å². The van der Waals surface area contributed by atoms with Crippen molar-refractivity contribution in [3.63, 3.8) is 0 Å². The summed E-state index contributed by atoms with van der Waals surface area (Å²) in [6, 6.07) is 11.2. The Morgan fingerprint density at radius 2 is 1.41 bits per heavy atom. The Hall–Kier alpha value is -2.93. The third kappa shape index (κ3) is 3.93. The maximum atomic E-state index is 5.58. The molecule has 0 aliphatic carbocycles. The molecule has 7 heteroatoms. The maximum Gasteiger partial charge on any atom is 0.171 e. The average molecular weight is 386 g/mol. The van der Waals surface area contributed by atoms with Crippen LogP contribution in [0, 0.1) is 0 Å². The second-order valence-electron chi connectivity index (χ2n) is 5.83. The standard InChI is InChI=1S/C20H22N2O4S/c1-23-13-7-5-12(6-8-13)15-11-16(22-20(27)21-15)19-17(25-3)9-14(24-2)10-18(19)26-4/h5-11,16H,1-4H3,(H2,21,22,27). The number of hydrogen-bond acceptors (Lipinski definition) is 5. The van der Waals surface area contributed by atoms with Crippen molar-refractivity contribution in [2.24, 2.45) is 0 Å². The highest BCUT2D eigenvalue weighted by Gasteiger charge is 2.25. The number of rotatable bonds is 6. The van der Waals surface area contributed by atoms with Crippen molar-refractivity contribution in [2.75, 3.05) is 28.4 Å². The molecule has 0 bridgehead atoms. The molecular formula is C20H22N2O4S. The maximum absolute atomic E-state index is 5.58. The minimum atomic E-state index is -0.230. The molecule has 1 aliphatic heterocycles. The highest BCUT2D eigenvalue weighted by Crippen LogP contribution is 2.40. The fraction of sp³-hybridized carbons (Fsp3) is 0.250. The zero-order chi connectivity index (χ0) is 19.4. The Morgan fingerprint density at radius 1 is 0.815 bits per heavy atom. The molecule has 142 valence electrons. The van der Waals surface area contributed by atoms with E-state index in [1.54, 1.807) is 28.4 Å². The number of ether oxygens (including phenoxy) is 4. The van der Waals surface area contributed by atoms with Crippen molar-refractivity contribution >= 4 is 23.0 Å². The van der Waals surface area contributed by atoms with Gasteiger partial charge in [-0.15, -0.1) is 0 Å². The molecule has 0 saturated carbocycles. The monoisotopic (exact) mass is 386 g/mol. The summed E-state index contributed by atoms with van der Waals surface area (Å²) < 4.78 is 21.7. The number of nitrogens with one attached hydrogen (secondary N) is 2. The van der Waals surface area contributed by atoms with Crippen LogP contribution in [0.25, 0.3) is 5.70 Å². The van der Waals surface area contributed by atoms with E-state index in [1.165, 1.54) is 0 Å². The Bertz CT molecular complexity index is 840. The quantitative estimate of drug-likeness (QED) is 0.739. The van der Waals surface area contributed by atoms with Crippen molar-refractivity contribution in [3.05, 3.63) is 53.6 Å². The normalized spacial score (nSPS) is 15.9. The average Bonchev–Trinajstić information content (AvgIpc) is 2.72. The molecule has 1 unspecified atom stereocenters. The van der Waals surface area contributed by atoms with E-state index in [-0.39, 0.29) is 6.04 Å². The molecule has 0 saturated heterocycles. The summed E-state index contributed by atoms with van der Waals surface area (Å²) in [6.45, 7) is 0. The SMILES string of the molecule is COc1ccc(C2=CC(c3c(OC)cc(OC)cc3OC)NC(=S)N2)cc1. The third-order valence-electron chi connectivity index (χ3n) is 4.33. The molecule has 0 aromatic heterocycles. The second kappa shape index (κ2) is 8.18. The first-order valence-electron chi connectivity index (χ1n) is 8.33. The van der Waals surface area contributed by atoms with Gasteiger partial charge in [0.1, 0.15) is 23.0 Å². The van der Waals surface area contributed by atoms with Crippen molar-refractivity contribution in [3.8, 4) is 23.0 Å². The van der Waals surface area contributed by atoms with Crippen LogP contribution in [0.3, 0.4) is 0 Å². The molecule has 27 heavy (non-hydrogen) atoms. The van der Waals surface area contributed by atoms with Crippen LogP contribution in [0.15, 0.2) is 42.5 Å². The Kier molecular flexibility index (Phi) is 5.71. The van der Waals surface area contributed by atoms with Crippen LogP contribution in [0.2, 0.25) is 0 Å². The van der Waals surface area contributed by atoms with E-state index in [0.29, 0.717) is 22.4 Å². The first-order valence-corrected chi connectivity index (χ1v) is 8.74. The Balaban J connectivity index is 2.06. The van der Waals surface area contributed by atoms with E-state index >= 15 is 0 Å². The molecule has 3 rings (SSSR count). The lowest BCUT2D eigenvalue weighted by atomic mass is 9.99. The van der Waals surface area contributed by atoms with E-state index in [1.807, 2.05) is 42.5 Å². The van der Waals surface area contributed by atoms with Gasteiger partial charge in [-0.2, -0.15) is 0 Å². The van der Waals surface area contributed by atoms with Crippen molar-refractivity contribution in [2.45, 2.75) is 6.04 Å². The predicted octanol–water partition coefficient (Wildman–Crippen LogP) is 3.28. The molecule has 1 aliphatic rings. The summed E-state index contributed by atoms with van der Waals surface area (Å²) >= 11 is 5.42. The Labute approximate surface area is 164 Å². The lowest BCUT2D eigenvalue weighted by molar-refractivity contribution is 0.365. The predicted molar refractivity (Wildman–Crippen MR) is 109 cm³/mol. The summed E-state index contributed by atoms with van der Waals surface area (Å²) in [4.78, 5) is 0. The highest BCUT2D eigenvalue weighted by molar-refractivity contribution is 7.80. The third-order valence-corrected chi connectivity index (χ3v) is 4.55. The van der Waals surface area contributed by atoms with Crippen molar-refractivity contribution in [1.29, 1.82) is 0 Å². The molecule has 2 aromatic rings. The molecule has 1 heterocycles. The van der Waals surface area contributed by atoms with Crippen molar-refractivity contribution < 1.29 is 18.9 Å². The second-order valence-corrected chi connectivity index (χ2v) is 6.24. The molecule has 2 aromatic carbocycles. The lowest BCUT2D eigenvalue weighted by Gasteiger charge is -2.28. The molecule has 6 nitrogen and oxygen atoms in total. The van der Waals surface area contributed by atoms with Gasteiger partial charge < -0.3 is 29.6 Å². The largest absolute Gasteiger partial charge is 0.497 e. The summed E-state index contributed by atoms with van der Waals surface area (Å²) in [6.07, 6.45) is 2.05. The number of benzene rings is 2. The first-order chi connectivity index (χ1) is 13.1. The minimum absolute atomic E-state index is 0.230. The molecule has 2 N–H and O–H groups in total. The van der Waals surface area contributed by atoms with E-state index in [2.05, 4.69) is 10.6 Å². The zero-order valence-electron chi connectivity index (χ0n) is 15.7. The first kappa shape index (κ1) is 18.8. The van der Waals surface area contributed by atoms with Crippen LogP contribution in [-0.2, 0) is 0 Å². The van der Waals surface area contributed by atoms with Gasteiger partial charge in [0, 0.05) is 17.8 Å². The molecular weight excluding hydrogens is 364 g/mol. The highest BCUT2D eigenvalue weighted by atomic mass is 32.1. The van der Waals surface area contributed by atoms with Gasteiger partial charge in [-0.05, 0) is 48.1 Å². The van der Waals surface area contributed by atoms with Gasteiger partial charge in [-0.25, -0.2) is 0 Å².